The van der Waals surface area contributed by atoms with Crippen LogP contribution in [0.25, 0.3) is 0 Å². The Morgan fingerprint density at radius 2 is 1.82 bits per heavy atom. The Morgan fingerprint density at radius 3 is 2.09 bits per heavy atom. The van der Waals surface area contributed by atoms with Gasteiger partial charge in [0.1, 0.15) is 0 Å². The SMILES string of the molecule is CCOC(OCC)C1CC1Cl. The number of hydrogen-bond donors (Lipinski definition) is 0. The fraction of sp³-hybridized carbons (Fsp3) is 1.00. The number of rotatable bonds is 5. The third kappa shape index (κ3) is 2.62. The van der Waals surface area contributed by atoms with E-state index in [0.29, 0.717) is 19.1 Å². The van der Waals surface area contributed by atoms with E-state index in [-0.39, 0.29) is 11.7 Å². The molecule has 11 heavy (non-hydrogen) atoms. The van der Waals surface area contributed by atoms with Crippen molar-refractivity contribution in [3.8, 4) is 0 Å². The van der Waals surface area contributed by atoms with Crippen LogP contribution in [0.15, 0.2) is 0 Å². The van der Waals surface area contributed by atoms with Crippen molar-refractivity contribution < 1.29 is 9.47 Å². The van der Waals surface area contributed by atoms with E-state index >= 15 is 0 Å². The molecule has 1 fully saturated rings. The molecule has 0 N–H and O–H groups in total. The van der Waals surface area contributed by atoms with E-state index in [2.05, 4.69) is 0 Å². The van der Waals surface area contributed by atoms with Crippen LogP contribution in [0, 0.1) is 5.92 Å². The molecule has 1 aliphatic carbocycles. The second-order valence-electron chi connectivity index (χ2n) is 2.69. The molecule has 0 aliphatic heterocycles. The molecule has 0 bridgehead atoms. The molecule has 0 aromatic carbocycles. The number of hydrogen-bond acceptors (Lipinski definition) is 2. The van der Waals surface area contributed by atoms with E-state index in [0.717, 1.165) is 6.42 Å². The molecule has 0 radical (unpaired) electrons. The van der Waals surface area contributed by atoms with Gasteiger partial charge in [0.2, 0.25) is 0 Å². The van der Waals surface area contributed by atoms with Crippen LogP contribution in [0.1, 0.15) is 20.3 Å². The molecule has 1 rings (SSSR count). The highest BCUT2D eigenvalue weighted by molar-refractivity contribution is 6.22. The van der Waals surface area contributed by atoms with Gasteiger partial charge in [-0.2, -0.15) is 0 Å². The number of ether oxygens (including phenoxy) is 2. The Balaban J connectivity index is 2.22. The van der Waals surface area contributed by atoms with Crippen molar-refractivity contribution in [2.24, 2.45) is 5.92 Å². The largest absolute Gasteiger partial charge is 0.353 e. The number of alkyl halides is 1. The molecule has 0 aromatic heterocycles. The van der Waals surface area contributed by atoms with Crippen LogP contribution in [-0.4, -0.2) is 24.9 Å². The molecule has 1 aliphatic rings. The van der Waals surface area contributed by atoms with E-state index in [1.54, 1.807) is 0 Å². The summed E-state index contributed by atoms with van der Waals surface area (Å²) in [5.41, 5.74) is 0. The van der Waals surface area contributed by atoms with Crippen LogP contribution in [-0.2, 0) is 9.47 Å². The van der Waals surface area contributed by atoms with Crippen molar-refractivity contribution in [1.82, 2.24) is 0 Å². The lowest BCUT2D eigenvalue weighted by Gasteiger charge is -2.15. The third-order valence-electron chi connectivity index (χ3n) is 1.77. The summed E-state index contributed by atoms with van der Waals surface area (Å²) < 4.78 is 10.7. The lowest BCUT2D eigenvalue weighted by atomic mass is 10.4. The Morgan fingerprint density at radius 1 is 1.36 bits per heavy atom. The lowest BCUT2D eigenvalue weighted by molar-refractivity contribution is -0.147. The Labute approximate surface area is 72.8 Å². The molecule has 1 saturated carbocycles. The van der Waals surface area contributed by atoms with Crippen molar-refractivity contribution in [1.29, 1.82) is 0 Å². The van der Waals surface area contributed by atoms with Crippen LogP contribution in [0.5, 0.6) is 0 Å². The summed E-state index contributed by atoms with van der Waals surface area (Å²) in [7, 11) is 0. The van der Waals surface area contributed by atoms with Crippen LogP contribution in [0.3, 0.4) is 0 Å². The number of halogens is 1. The van der Waals surface area contributed by atoms with E-state index in [4.69, 9.17) is 21.1 Å². The molecule has 66 valence electrons. The molecular formula is C8H15ClO2. The quantitative estimate of drug-likeness (QED) is 0.474. The zero-order chi connectivity index (χ0) is 8.27. The fourth-order valence-electron chi connectivity index (χ4n) is 1.09. The van der Waals surface area contributed by atoms with Crippen molar-refractivity contribution in [2.45, 2.75) is 31.9 Å². The summed E-state index contributed by atoms with van der Waals surface area (Å²) in [5, 5.41) is 0.276. The molecule has 2 nitrogen and oxygen atoms in total. The van der Waals surface area contributed by atoms with Gasteiger partial charge in [0, 0.05) is 24.5 Å². The summed E-state index contributed by atoms with van der Waals surface area (Å²) in [6, 6.07) is 0. The molecule has 0 heterocycles. The van der Waals surface area contributed by atoms with Crippen LogP contribution in [0.4, 0.5) is 0 Å². The first-order valence-electron chi connectivity index (χ1n) is 4.16. The molecule has 2 atom stereocenters. The predicted molar refractivity (Wildman–Crippen MR) is 44.8 cm³/mol. The van der Waals surface area contributed by atoms with E-state index in [9.17, 15) is 0 Å². The van der Waals surface area contributed by atoms with Crippen LogP contribution >= 0.6 is 11.6 Å². The first-order chi connectivity index (χ1) is 5.29. The van der Waals surface area contributed by atoms with Crippen molar-refractivity contribution in [2.75, 3.05) is 13.2 Å². The summed E-state index contributed by atoms with van der Waals surface area (Å²) in [4.78, 5) is 0. The highest BCUT2D eigenvalue weighted by Crippen LogP contribution is 2.40. The van der Waals surface area contributed by atoms with Gasteiger partial charge in [-0.25, -0.2) is 0 Å². The van der Waals surface area contributed by atoms with Crippen molar-refractivity contribution >= 4 is 11.6 Å². The topological polar surface area (TPSA) is 18.5 Å². The minimum Gasteiger partial charge on any atom is -0.353 e. The molecule has 0 amide bonds. The van der Waals surface area contributed by atoms with E-state index in [1.807, 2.05) is 13.8 Å². The lowest BCUT2D eigenvalue weighted by Crippen LogP contribution is -2.20. The summed E-state index contributed by atoms with van der Waals surface area (Å²) >= 11 is 5.86. The summed E-state index contributed by atoms with van der Waals surface area (Å²) in [5.74, 6) is 0.427. The minimum atomic E-state index is -0.0625. The molecule has 2 unspecified atom stereocenters. The van der Waals surface area contributed by atoms with Gasteiger partial charge in [-0.05, 0) is 20.3 Å². The smallest absolute Gasteiger partial charge is 0.161 e. The monoisotopic (exact) mass is 178 g/mol. The molecule has 3 heteroatoms. The molecular weight excluding hydrogens is 164 g/mol. The second-order valence-corrected chi connectivity index (χ2v) is 3.26. The van der Waals surface area contributed by atoms with Gasteiger partial charge in [-0.1, -0.05) is 0 Å². The molecule has 0 saturated heterocycles. The zero-order valence-electron chi connectivity index (χ0n) is 7.05. The molecule has 0 aromatic rings. The fourth-order valence-corrected chi connectivity index (χ4v) is 1.41. The van der Waals surface area contributed by atoms with E-state index in [1.165, 1.54) is 0 Å². The average Bonchev–Trinajstić information content (AvgIpc) is 2.67. The van der Waals surface area contributed by atoms with Crippen LogP contribution in [0.2, 0.25) is 0 Å². The maximum absolute atomic E-state index is 5.86. The first-order valence-corrected chi connectivity index (χ1v) is 4.60. The zero-order valence-corrected chi connectivity index (χ0v) is 7.80. The van der Waals surface area contributed by atoms with Crippen molar-refractivity contribution in [3.05, 3.63) is 0 Å². The highest BCUT2D eigenvalue weighted by Gasteiger charge is 2.42. The first kappa shape index (κ1) is 9.30. The van der Waals surface area contributed by atoms with Gasteiger partial charge in [0.25, 0.3) is 0 Å². The average molecular weight is 179 g/mol. The minimum absolute atomic E-state index is 0.0625. The Bertz CT molecular complexity index is 113. The maximum atomic E-state index is 5.86. The van der Waals surface area contributed by atoms with Crippen LogP contribution < -0.4 is 0 Å². The highest BCUT2D eigenvalue weighted by atomic mass is 35.5. The predicted octanol–water partition coefficient (Wildman–Crippen LogP) is 2.01. The second kappa shape index (κ2) is 4.29. The Kier molecular flexibility index (Phi) is 3.63. The normalized spacial score (nSPS) is 29.5. The standard InChI is InChI=1S/C8H15ClO2/c1-3-10-8(11-4-2)6-5-7(6)9/h6-8H,3-5H2,1-2H3. The van der Waals surface area contributed by atoms with E-state index < -0.39 is 0 Å². The summed E-state index contributed by atoms with van der Waals surface area (Å²) in [6.07, 6.45) is 0.971. The molecule has 0 spiro atoms. The van der Waals surface area contributed by atoms with Gasteiger partial charge in [-0.15, -0.1) is 11.6 Å². The summed E-state index contributed by atoms with van der Waals surface area (Å²) in [6.45, 7) is 5.34. The van der Waals surface area contributed by atoms with Gasteiger partial charge in [0.05, 0.1) is 0 Å². The van der Waals surface area contributed by atoms with Gasteiger partial charge < -0.3 is 9.47 Å². The van der Waals surface area contributed by atoms with Crippen molar-refractivity contribution in [3.63, 3.8) is 0 Å². The van der Waals surface area contributed by atoms with Gasteiger partial charge in [-0.3, -0.25) is 0 Å². The van der Waals surface area contributed by atoms with Gasteiger partial charge in [0.15, 0.2) is 6.29 Å². The van der Waals surface area contributed by atoms with Gasteiger partial charge >= 0.3 is 0 Å². The Hall–Kier alpha value is 0.210. The third-order valence-corrected chi connectivity index (χ3v) is 2.27. The maximum Gasteiger partial charge on any atom is 0.161 e.